The highest BCUT2D eigenvalue weighted by Crippen LogP contribution is 2.16. The number of carboxylic acids is 1. The maximum absolute atomic E-state index is 11.3. The van der Waals surface area contributed by atoms with E-state index >= 15 is 0 Å². The summed E-state index contributed by atoms with van der Waals surface area (Å²) in [5.74, 6) is -0.823. The number of carboxylic acid groups (broad SMARTS) is 1. The molecular formula is C9H13N3O3S. The molecule has 0 bridgehead atoms. The fourth-order valence-corrected chi connectivity index (χ4v) is 1.91. The Hall–Kier alpha value is -1.50. The molecule has 0 aliphatic rings. The Kier molecular flexibility index (Phi) is 4.36. The molecule has 1 heterocycles. The zero-order valence-electron chi connectivity index (χ0n) is 8.89. The van der Waals surface area contributed by atoms with Gasteiger partial charge in [0.15, 0.2) is 5.16 Å². The summed E-state index contributed by atoms with van der Waals surface area (Å²) in [6, 6.07) is 0. The van der Waals surface area contributed by atoms with Crippen LogP contribution in [-0.4, -0.2) is 31.6 Å². The Morgan fingerprint density at radius 2 is 2.38 bits per heavy atom. The summed E-state index contributed by atoms with van der Waals surface area (Å²) in [5, 5.41) is 15.3. The number of thioether (sulfide) groups is 1. The normalized spacial score (nSPS) is 10.3. The first-order valence-electron chi connectivity index (χ1n) is 4.75. The first kappa shape index (κ1) is 12.6. The summed E-state index contributed by atoms with van der Waals surface area (Å²) in [7, 11) is 0. The van der Waals surface area contributed by atoms with E-state index in [1.807, 2.05) is 6.92 Å². The number of carbonyl (C=O) groups is 1. The van der Waals surface area contributed by atoms with Crippen molar-refractivity contribution < 1.29 is 9.90 Å². The van der Waals surface area contributed by atoms with E-state index < -0.39 is 5.97 Å². The summed E-state index contributed by atoms with van der Waals surface area (Å²) in [5.41, 5.74) is -0.186. The average molecular weight is 243 g/mol. The minimum atomic E-state index is -1.03. The molecule has 0 amide bonds. The molecule has 0 radical (unpaired) electrons. The molecule has 0 aliphatic carbocycles. The number of nitrogens with one attached hydrogen (secondary N) is 1. The molecule has 1 aromatic heterocycles. The van der Waals surface area contributed by atoms with Crippen LogP contribution in [0.3, 0.4) is 0 Å². The molecule has 2 N–H and O–H groups in total. The van der Waals surface area contributed by atoms with Gasteiger partial charge in [0.1, 0.15) is 0 Å². The van der Waals surface area contributed by atoms with Crippen LogP contribution in [-0.2, 0) is 11.3 Å². The predicted octanol–water partition coefficient (Wildman–Crippen LogP) is 0.714. The van der Waals surface area contributed by atoms with Gasteiger partial charge < -0.3 is 5.11 Å². The first-order valence-corrected chi connectivity index (χ1v) is 5.74. The molecule has 16 heavy (non-hydrogen) atoms. The largest absolute Gasteiger partial charge is 0.478 e. The Labute approximate surface area is 96.4 Å². The molecule has 0 atom stereocenters. The lowest BCUT2D eigenvalue weighted by Crippen LogP contribution is -2.17. The molecular weight excluding hydrogens is 230 g/mol. The molecule has 0 aliphatic heterocycles. The number of nitrogens with zero attached hydrogens (tertiary/aromatic N) is 2. The van der Waals surface area contributed by atoms with Crippen LogP contribution in [0.15, 0.2) is 22.1 Å². The summed E-state index contributed by atoms with van der Waals surface area (Å²) in [6.45, 7) is 5.92. The summed E-state index contributed by atoms with van der Waals surface area (Å²) in [4.78, 5) is 21.8. The van der Waals surface area contributed by atoms with E-state index in [1.54, 1.807) is 0 Å². The van der Waals surface area contributed by atoms with Crippen LogP contribution in [0.1, 0.15) is 13.3 Å². The Morgan fingerprint density at radius 3 is 2.94 bits per heavy atom. The van der Waals surface area contributed by atoms with E-state index in [1.165, 1.54) is 16.3 Å². The van der Waals surface area contributed by atoms with Crippen LogP contribution >= 0.6 is 11.8 Å². The number of H-pyrrole nitrogens is 1. The van der Waals surface area contributed by atoms with Crippen molar-refractivity contribution in [3.63, 3.8) is 0 Å². The highest BCUT2D eigenvalue weighted by atomic mass is 32.2. The first-order chi connectivity index (χ1) is 7.56. The van der Waals surface area contributed by atoms with Gasteiger partial charge in [0.2, 0.25) is 0 Å². The summed E-state index contributed by atoms with van der Waals surface area (Å²) in [6.07, 6.45) is 0.812. The molecule has 1 rings (SSSR count). The SMILES string of the molecule is C=C(CSc1n[nH]c(=O)n1CCC)C(=O)O. The van der Waals surface area contributed by atoms with Crippen LogP contribution in [0, 0.1) is 0 Å². The van der Waals surface area contributed by atoms with Crippen LogP contribution in [0.5, 0.6) is 0 Å². The molecule has 0 aromatic carbocycles. The van der Waals surface area contributed by atoms with Crippen molar-refractivity contribution in [2.45, 2.75) is 25.0 Å². The van der Waals surface area contributed by atoms with Gasteiger partial charge in [-0.2, -0.15) is 0 Å². The highest BCUT2D eigenvalue weighted by molar-refractivity contribution is 7.99. The lowest BCUT2D eigenvalue weighted by molar-refractivity contribution is -0.132. The van der Waals surface area contributed by atoms with Crippen LogP contribution < -0.4 is 5.69 Å². The lowest BCUT2D eigenvalue weighted by atomic mass is 10.4. The molecule has 0 unspecified atom stereocenters. The third-order valence-corrected chi connectivity index (χ3v) is 2.91. The monoisotopic (exact) mass is 243 g/mol. The standard InChI is InChI=1S/C9H13N3O3S/c1-3-4-12-8(15)10-11-9(12)16-5-6(2)7(13)14/h2-5H2,1H3,(H,10,15)(H,13,14). The second-order valence-electron chi connectivity index (χ2n) is 3.16. The third-order valence-electron chi connectivity index (χ3n) is 1.85. The minimum Gasteiger partial charge on any atom is -0.478 e. The van der Waals surface area contributed by atoms with E-state index in [9.17, 15) is 9.59 Å². The molecule has 0 fully saturated rings. The van der Waals surface area contributed by atoms with Crippen molar-refractivity contribution in [3.05, 3.63) is 22.6 Å². The second-order valence-corrected chi connectivity index (χ2v) is 4.10. The van der Waals surface area contributed by atoms with Gasteiger partial charge in [-0.25, -0.2) is 14.7 Å². The van der Waals surface area contributed by atoms with Gasteiger partial charge in [-0.1, -0.05) is 25.3 Å². The summed E-state index contributed by atoms with van der Waals surface area (Å²) >= 11 is 1.18. The van der Waals surface area contributed by atoms with E-state index in [0.717, 1.165) is 6.42 Å². The van der Waals surface area contributed by atoms with Crippen molar-refractivity contribution in [2.75, 3.05) is 5.75 Å². The van der Waals surface area contributed by atoms with Crippen molar-refractivity contribution in [1.29, 1.82) is 0 Å². The topological polar surface area (TPSA) is 88.0 Å². The van der Waals surface area contributed by atoms with Gasteiger partial charge in [0, 0.05) is 17.9 Å². The predicted molar refractivity (Wildman–Crippen MR) is 60.6 cm³/mol. The van der Waals surface area contributed by atoms with Crippen LogP contribution in [0.25, 0.3) is 0 Å². The minimum absolute atomic E-state index is 0.0866. The lowest BCUT2D eigenvalue weighted by Gasteiger charge is -2.02. The third kappa shape index (κ3) is 2.99. The molecule has 0 spiro atoms. The number of aromatic nitrogens is 3. The number of rotatable bonds is 6. The van der Waals surface area contributed by atoms with Crippen LogP contribution in [0.2, 0.25) is 0 Å². The molecule has 0 saturated heterocycles. The van der Waals surface area contributed by atoms with Gasteiger partial charge >= 0.3 is 11.7 Å². The van der Waals surface area contributed by atoms with Gasteiger partial charge in [-0.05, 0) is 6.42 Å². The molecule has 0 saturated carbocycles. The average Bonchev–Trinajstić information content (AvgIpc) is 2.58. The van der Waals surface area contributed by atoms with Crippen molar-refractivity contribution in [1.82, 2.24) is 14.8 Å². The van der Waals surface area contributed by atoms with Crippen LogP contribution in [0.4, 0.5) is 0 Å². The zero-order valence-corrected chi connectivity index (χ0v) is 9.71. The fourth-order valence-electron chi connectivity index (χ4n) is 1.05. The van der Waals surface area contributed by atoms with E-state index in [-0.39, 0.29) is 17.0 Å². The molecule has 1 aromatic rings. The van der Waals surface area contributed by atoms with Crippen molar-refractivity contribution >= 4 is 17.7 Å². The number of hydrogen-bond donors (Lipinski definition) is 2. The van der Waals surface area contributed by atoms with Crippen molar-refractivity contribution in [2.24, 2.45) is 0 Å². The number of aromatic amines is 1. The maximum atomic E-state index is 11.3. The Bertz CT molecular complexity index is 449. The van der Waals surface area contributed by atoms with Gasteiger partial charge in [-0.15, -0.1) is 5.10 Å². The Morgan fingerprint density at radius 1 is 1.69 bits per heavy atom. The van der Waals surface area contributed by atoms with Crippen molar-refractivity contribution in [3.8, 4) is 0 Å². The van der Waals surface area contributed by atoms with E-state index in [2.05, 4.69) is 16.8 Å². The maximum Gasteiger partial charge on any atom is 0.343 e. The molecule has 6 nitrogen and oxygen atoms in total. The van der Waals surface area contributed by atoms with E-state index in [4.69, 9.17) is 5.11 Å². The second kappa shape index (κ2) is 5.55. The fraction of sp³-hybridized carbons (Fsp3) is 0.444. The zero-order chi connectivity index (χ0) is 12.1. The highest BCUT2D eigenvalue weighted by Gasteiger charge is 2.10. The van der Waals surface area contributed by atoms with E-state index in [0.29, 0.717) is 11.7 Å². The molecule has 7 heteroatoms. The number of hydrogen-bond acceptors (Lipinski definition) is 4. The smallest absolute Gasteiger partial charge is 0.343 e. The quantitative estimate of drug-likeness (QED) is 0.567. The van der Waals surface area contributed by atoms with Gasteiger partial charge in [0.05, 0.1) is 0 Å². The summed E-state index contributed by atoms with van der Waals surface area (Å²) < 4.78 is 1.49. The molecule has 88 valence electrons. The van der Waals surface area contributed by atoms with Gasteiger partial charge in [0.25, 0.3) is 0 Å². The van der Waals surface area contributed by atoms with Gasteiger partial charge in [-0.3, -0.25) is 4.57 Å². The Balaban J connectivity index is 2.70. The number of aliphatic carboxylic acids is 1.